The van der Waals surface area contributed by atoms with E-state index in [1.807, 2.05) is 18.2 Å². The van der Waals surface area contributed by atoms with Crippen LogP contribution in [0.3, 0.4) is 0 Å². The van der Waals surface area contributed by atoms with Gasteiger partial charge in [0.15, 0.2) is 6.61 Å². The van der Waals surface area contributed by atoms with Gasteiger partial charge in [-0.1, -0.05) is 6.07 Å². The van der Waals surface area contributed by atoms with Crippen LogP contribution in [0.4, 0.5) is 17.3 Å². The number of phenolic OH excluding ortho intramolecular Hbond substituents is 1. The molecule has 124 valence electrons. The molecule has 1 aliphatic rings. The van der Waals surface area contributed by atoms with Crippen LogP contribution in [0.5, 0.6) is 11.5 Å². The van der Waals surface area contributed by atoms with E-state index < -0.39 is 0 Å². The Hall–Kier alpha value is -3.61. The summed E-state index contributed by atoms with van der Waals surface area (Å²) in [7, 11) is 0. The highest BCUT2D eigenvalue weighted by atomic mass is 16.5. The van der Waals surface area contributed by atoms with Gasteiger partial charge in [-0.2, -0.15) is 0 Å². The molecule has 2 aromatic carbocycles. The molecule has 25 heavy (non-hydrogen) atoms. The van der Waals surface area contributed by atoms with Crippen LogP contribution in [0, 0.1) is 0 Å². The lowest BCUT2D eigenvalue weighted by Gasteiger charge is -2.18. The van der Waals surface area contributed by atoms with Gasteiger partial charge in [-0.3, -0.25) is 4.79 Å². The first-order valence-electron chi connectivity index (χ1n) is 7.63. The molecule has 0 saturated heterocycles. The number of aromatic hydroxyl groups is 1. The van der Waals surface area contributed by atoms with Gasteiger partial charge in [-0.25, -0.2) is 9.97 Å². The molecule has 3 N–H and O–H groups in total. The van der Waals surface area contributed by atoms with Crippen molar-refractivity contribution in [3.8, 4) is 22.8 Å². The zero-order valence-electron chi connectivity index (χ0n) is 13.1. The summed E-state index contributed by atoms with van der Waals surface area (Å²) in [6.45, 7) is 0.0256. The van der Waals surface area contributed by atoms with Gasteiger partial charge in [-0.15, -0.1) is 0 Å². The van der Waals surface area contributed by atoms with Crippen molar-refractivity contribution >= 4 is 23.2 Å². The number of fused-ring (bicyclic) bond motifs is 1. The molecule has 1 aromatic heterocycles. The molecule has 0 saturated carbocycles. The van der Waals surface area contributed by atoms with Crippen molar-refractivity contribution in [2.45, 2.75) is 0 Å². The maximum atomic E-state index is 11.5. The van der Waals surface area contributed by atoms with E-state index in [-0.39, 0.29) is 18.3 Å². The fraction of sp³-hybridized carbons (Fsp3) is 0.0556. The van der Waals surface area contributed by atoms with Crippen LogP contribution < -0.4 is 15.4 Å². The fourth-order valence-corrected chi connectivity index (χ4v) is 2.53. The second kappa shape index (κ2) is 6.12. The monoisotopic (exact) mass is 334 g/mol. The van der Waals surface area contributed by atoms with Gasteiger partial charge in [0.2, 0.25) is 5.95 Å². The fourth-order valence-electron chi connectivity index (χ4n) is 2.53. The summed E-state index contributed by atoms with van der Waals surface area (Å²) in [4.78, 5) is 20.1. The van der Waals surface area contributed by atoms with Gasteiger partial charge in [0.1, 0.15) is 11.5 Å². The summed E-state index contributed by atoms with van der Waals surface area (Å²) in [6, 6.07) is 14.0. The van der Waals surface area contributed by atoms with Crippen molar-refractivity contribution in [1.82, 2.24) is 9.97 Å². The summed E-state index contributed by atoms with van der Waals surface area (Å²) in [5, 5.41) is 15.4. The number of carbonyl (C=O) groups excluding carboxylic acids is 1. The number of hydrogen-bond donors (Lipinski definition) is 3. The van der Waals surface area contributed by atoms with Gasteiger partial charge in [0.05, 0.1) is 11.4 Å². The standard InChI is InChI=1S/C18H14N4O3/c23-13-3-1-2-12(9-13)20-18-19-7-6-14(22-18)11-4-5-16-15(8-11)21-17(24)10-25-16/h1-9,23H,10H2,(H,21,24)(H,19,20,22). The second-order valence-electron chi connectivity index (χ2n) is 5.49. The van der Waals surface area contributed by atoms with Crippen LogP contribution in [0.1, 0.15) is 0 Å². The summed E-state index contributed by atoms with van der Waals surface area (Å²) >= 11 is 0. The van der Waals surface area contributed by atoms with Gasteiger partial charge in [0, 0.05) is 23.5 Å². The number of phenols is 1. The first-order valence-corrected chi connectivity index (χ1v) is 7.63. The number of aromatic nitrogens is 2. The average molecular weight is 334 g/mol. The van der Waals surface area contributed by atoms with E-state index in [2.05, 4.69) is 20.6 Å². The van der Waals surface area contributed by atoms with Gasteiger partial charge >= 0.3 is 0 Å². The third-order valence-electron chi connectivity index (χ3n) is 3.67. The summed E-state index contributed by atoms with van der Waals surface area (Å²) < 4.78 is 5.36. The number of rotatable bonds is 3. The molecule has 7 heteroatoms. The molecular weight excluding hydrogens is 320 g/mol. The van der Waals surface area contributed by atoms with Crippen LogP contribution in [0.2, 0.25) is 0 Å². The molecule has 0 aliphatic carbocycles. The minimum absolute atomic E-state index is 0.0256. The molecule has 2 heterocycles. The Bertz CT molecular complexity index is 959. The van der Waals surface area contributed by atoms with E-state index in [4.69, 9.17) is 4.74 Å². The Morgan fingerprint density at radius 1 is 1.16 bits per heavy atom. The topological polar surface area (TPSA) is 96.4 Å². The Balaban J connectivity index is 1.63. The molecule has 4 rings (SSSR count). The third kappa shape index (κ3) is 3.20. The number of ether oxygens (including phenoxy) is 1. The molecule has 3 aromatic rings. The smallest absolute Gasteiger partial charge is 0.262 e. The first kappa shape index (κ1) is 14.9. The predicted octanol–water partition coefficient (Wildman–Crippen LogP) is 2.92. The largest absolute Gasteiger partial charge is 0.508 e. The Kier molecular flexibility index (Phi) is 3.66. The molecule has 0 bridgehead atoms. The lowest BCUT2D eigenvalue weighted by molar-refractivity contribution is -0.118. The van der Waals surface area contributed by atoms with Crippen molar-refractivity contribution < 1.29 is 14.6 Å². The molecule has 0 spiro atoms. The van der Waals surface area contributed by atoms with E-state index in [0.29, 0.717) is 28.8 Å². The van der Waals surface area contributed by atoms with Crippen molar-refractivity contribution in [3.05, 3.63) is 54.7 Å². The number of anilines is 3. The number of nitrogens with one attached hydrogen (secondary N) is 2. The number of benzene rings is 2. The van der Waals surface area contributed by atoms with Gasteiger partial charge < -0.3 is 20.5 Å². The molecule has 7 nitrogen and oxygen atoms in total. The Morgan fingerprint density at radius 2 is 2.08 bits per heavy atom. The first-order chi connectivity index (χ1) is 12.2. The van der Waals surface area contributed by atoms with Crippen molar-refractivity contribution in [2.24, 2.45) is 0 Å². The van der Waals surface area contributed by atoms with E-state index >= 15 is 0 Å². The highest BCUT2D eigenvalue weighted by Crippen LogP contribution is 2.32. The maximum absolute atomic E-state index is 11.5. The number of amides is 1. The normalized spacial score (nSPS) is 12.7. The minimum atomic E-state index is -0.182. The van der Waals surface area contributed by atoms with Crippen LogP contribution in [-0.4, -0.2) is 27.6 Å². The summed E-state index contributed by atoms with van der Waals surface area (Å²) in [5.74, 6) is 1.02. The maximum Gasteiger partial charge on any atom is 0.262 e. The van der Waals surface area contributed by atoms with Gasteiger partial charge in [-0.05, 0) is 36.4 Å². The zero-order valence-corrected chi connectivity index (χ0v) is 13.1. The summed E-state index contributed by atoms with van der Waals surface area (Å²) in [5.41, 5.74) is 2.82. The quantitative estimate of drug-likeness (QED) is 0.681. The van der Waals surface area contributed by atoms with E-state index in [1.165, 1.54) is 0 Å². The average Bonchev–Trinajstić information content (AvgIpc) is 2.61. The highest BCUT2D eigenvalue weighted by Gasteiger charge is 2.16. The number of carbonyl (C=O) groups is 1. The molecule has 1 aliphatic heterocycles. The predicted molar refractivity (Wildman–Crippen MR) is 93.0 cm³/mol. The third-order valence-corrected chi connectivity index (χ3v) is 3.67. The van der Waals surface area contributed by atoms with E-state index in [0.717, 1.165) is 5.56 Å². The molecule has 0 fully saturated rings. The van der Waals surface area contributed by atoms with E-state index in [9.17, 15) is 9.90 Å². The van der Waals surface area contributed by atoms with Crippen molar-refractivity contribution in [3.63, 3.8) is 0 Å². The second-order valence-corrected chi connectivity index (χ2v) is 5.49. The summed E-state index contributed by atoms with van der Waals surface area (Å²) in [6.07, 6.45) is 1.64. The van der Waals surface area contributed by atoms with Crippen LogP contribution in [-0.2, 0) is 4.79 Å². The van der Waals surface area contributed by atoms with Gasteiger partial charge in [0.25, 0.3) is 5.91 Å². The highest BCUT2D eigenvalue weighted by molar-refractivity contribution is 5.96. The number of hydrogen-bond acceptors (Lipinski definition) is 6. The zero-order chi connectivity index (χ0) is 17.2. The van der Waals surface area contributed by atoms with Crippen LogP contribution in [0.15, 0.2) is 54.7 Å². The molecule has 0 radical (unpaired) electrons. The lowest BCUT2D eigenvalue weighted by atomic mass is 10.1. The minimum Gasteiger partial charge on any atom is -0.508 e. The van der Waals surface area contributed by atoms with Crippen LogP contribution >= 0.6 is 0 Å². The molecular formula is C18H14N4O3. The van der Waals surface area contributed by atoms with Crippen molar-refractivity contribution in [2.75, 3.05) is 17.2 Å². The van der Waals surface area contributed by atoms with E-state index in [1.54, 1.807) is 36.5 Å². The molecule has 0 unspecified atom stereocenters. The van der Waals surface area contributed by atoms with Crippen LogP contribution in [0.25, 0.3) is 11.3 Å². The molecule has 1 amide bonds. The SMILES string of the molecule is O=C1COc2ccc(-c3ccnc(Nc4cccc(O)c4)n3)cc2N1. The Morgan fingerprint density at radius 3 is 2.96 bits per heavy atom. The number of nitrogens with zero attached hydrogens (tertiary/aromatic N) is 2. The molecule has 0 atom stereocenters. The van der Waals surface area contributed by atoms with Crippen molar-refractivity contribution in [1.29, 1.82) is 0 Å². The lowest BCUT2D eigenvalue weighted by Crippen LogP contribution is -2.25. The Labute approximate surface area is 143 Å².